The molecule has 7 nitrogen and oxygen atoms in total. The minimum atomic E-state index is -4.57. The van der Waals surface area contributed by atoms with E-state index >= 15 is 0 Å². The van der Waals surface area contributed by atoms with E-state index in [1.807, 2.05) is 6.92 Å². The number of fused-ring (bicyclic) bond motifs is 1. The minimum absolute atomic E-state index is 0.0287. The van der Waals surface area contributed by atoms with E-state index in [1.54, 1.807) is 12.4 Å². The van der Waals surface area contributed by atoms with Crippen LogP contribution in [0.4, 0.5) is 13.2 Å². The number of aromatic hydroxyl groups is 1. The molecule has 1 atom stereocenters. The second kappa shape index (κ2) is 6.59. The average molecular weight is 439 g/mol. The maximum Gasteiger partial charge on any atom is 0.416 e. The van der Waals surface area contributed by atoms with Crippen LogP contribution in [0.15, 0.2) is 23.4 Å². The molecule has 1 fully saturated rings. The Bertz CT molecular complexity index is 1300. The summed E-state index contributed by atoms with van der Waals surface area (Å²) in [6.07, 6.45) is 0.569. The summed E-state index contributed by atoms with van der Waals surface area (Å²) < 4.78 is 63.9. The Labute approximate surface area is 169 Å². The second-order valence-corrected chi connectivity index (χ2v) is 10.1. The van der Waals surface area contributed by atoms with Crippen molar-refractivity contribution in [2.24, 2.45) is 10.5 Å². The second-order valence-electron chi connectivity index (χ2n) is 7.88. The lowest BCUT2D eigenvalue weighted by molar-refractivity contribution is -0.426. The van der Waals surface area contributed by atoms with Crippen LogP contribution in [0.3, 0.4) is 0 Å². The van der Waals surface area contributed by atoms with Crippen molar-refractivity contribution >= 4 is 22.3 Å². The van der Waals surface area contributed by atoms with Crippen LogP contribution < -0.4 is 10.8 Å². The van der Waals surface area contributed by atoms with Gasteiger partial charge in [-0.15, -0.1) is 0 Å². The maximum absolute atomic E-state index is 12.9. The highest BCUT2D eigenvalue weighted by Crippen LogP contribution is 2.38. The number of sulfone groups is 1. The normalized spacial score (nSPS) is 23.8. The van der Waals surface area contributed by atoms with E-state index in [0.717, 1.165) is 6.07 Å². The summed E-state index contributed by atoms with van der Waals surface area (Å²) in [5.74, 6) is -0.403. The summed E-state index contributed by atoms with van der Waals surface area (Å²) in [6, 6.07) is 1.59. The van der Waals surface area contributed by atoms with Crippen molar-refractivity contribution in [3.63, 3.8) is 0 Å². The summed E-state index contributed by atoms with van der Waals surface area (Å²) in [7, 11) is -3.08. The molecule has 158 valence electrons. The van der Waals surface area contributed by atoms with Gasteiger partial charge in [0.25, 0.3) is 5.49 Å². The van der Waals surface area contributed by atoms with Crippen molar-refractivity contribution in [2.45, 2.75) is 26.4 Å². The molecule has 4 rings (SSSR count). The number of benzene rings is 1. The molecule has 3 heterocycles. The first-order valence-electron chi connectivity index (χ1n) is 9.05. The smallest absolute Gasteiger partial charge is 0.416 e. The fraction of sp³-hybridized carbons (Fsp3) is 0.368. The molecule has 1 unspecified atom stereocenters. The highest BCUT2D eigenvalue weighted by molar-refractivity contribution is 7.91. The van der Waals surface area contributed by atoms with Crippen molar-refractivity contribution in [1.82, 2.24) is 9.97 Å². The SMILES string of the molecule is Cc1cc(C(F)(F)F)cc(O)c1-c1cnc2c(n1)=N/[N+](=C/C1(C)CCS(=O)(=O)C1)C=2. The van der Waals surface area contributed by atoms with Gasteiger partial charge in [0, 0.05) is 10.7 Å². The van der Waals surface area contributed by atoms with Gasteiger partial charge in [0.2, 0.25) is 6.20 Å². The summed E-state index contributed by atoms with van der Waals surface area (Å²) in [5.41, 5.74) is -0.756. The van der Waals surface area contributed by atoms with Crippen LogP contribution in [0.2, 0.25) is 0 Å². The monoisotopic (exact) mass is 439 g/mol. The van der Waals surface area contributed by atoms with Crippen molar-refractivity contribution in [2.75, 3.05) is 11.5 Å². The molecule has 0 radical (unpaired) electrons. The molecule has 2 aliphatic rings. The van der Waals surface area contributed by atoms with E-state index in [1.165, 1.54) is 17.8 Å². The molecular formula is C19H18F3N4O3S+. The third kappa shape index (κ3) is 3.81. The van der Waals surface area contributed by atoms with E-state index in [0.29, 0.717) is 17.8 Å². The molecule has 2 aliphatic heterocycles. The van der Waals surface area contributed by atoms with Gasteiger partial charge in [-0.05, 0) is 38.0 Å². The number of aromatic nitrogens is 2. The van der Waals surface area contributed by atoms with Crippen LogP contribution in [0.1, 0.15) is 24.5 Å². The van der Waals surface area contributed by atoms with Gasteiger partial charge in [0.1, 0.15) is 5.75 Å². The molecule has 0 bridgehead atoms. The van der Waals surface area contributed by atoms with Gasteiger partial charge in [0.05, 0.1) is 34.4 Å². The fourth-order valence-electron chi connectivity index (χ4n) is 3.73. The molecule has 1 saturated heterocycles. The van der Waals surface area contributed by atoms with Gasteiger partial charge in [-0.3, -0.25) is 0 Å². The maximum atomic E-state index is 12.9. The lowest BCUT2D eigenvalue weighted by atomic mass is 9.92. The number of aryl methyl sites for hydroxylation is 1. The number of alkyl halides is 3. The number of hydrogen-bond acceptors (Lipinski definition) is 6. The summed E-state index contributed by atoms with van der Waals surface area (Å²) in [4.78, 5) is 8.57. The van der Waals surface area contributed by atoms with Crippen LogP contribution in [0.25, 0.3) is 17.5 Å². The lowest BCUT2D eigenvalue weighted by Gasteiger charge is -2.12. The molecule has 1 aromatic heterocycles. The van der Waals surface area contributed by atoms with Crippen LogP contribution in [0.5, 0.6) is 5.75 Å². The Morgan fingerprint density at radius 2 is 2.03 bits per heavy atom. The highest BCUT2D eigenvalue weighted by Gasteiger charge is 2.41. The van der Waals surface area contributed by atoms with Gasteiger partial charge in [-0.25, -0.2) is 18.4 Å². The van der Waals surface area contributed by atoms with E-state index in [4.69, 9.17) is 0 Å². The van der Waals surface area contributed by atoms with Gasteiger partial charge in [-0.1, -0.05) is 4.68 Å². The van der Waals surface area contributed by atoms with E-state index in [-0.39, 0.29) is 33.8 Å². The van der Waals surface area contributed by atoms with Crippen molar-refractivity contribution in [1.29, 1.82) is 0 Å². The highest BCUT2D eigenvalue weighted by atomic mass is 32.2. The van der Waals surface area contributed by atoms with Gasteiger partial charge >= 0.3 is 6.18 Å². The Morgan fingerprint density at radius 3 is 2.63 bits per heavy atom. The molecule has 0 saturated carbocycles. The topological polar surface area (TPSA) is 95.5 Å². The zero-order valence-corrected chi connectivity index (χ0v) is 16.9. The van der Waals surface area contributed by atoms with Gasteiger partial charge in [0.15, 0.2) is 21.4 Å². The Hall–Kier alpha value is -2.82. The van der Waals surface area contributed by atoms with Crippen LogP contribution in [-0.4, -0.2) is 45.9 Å². The lowest BCUT2D eigenvalue weighted by Crippen LogP contribution is -2.28. The minimum Gasteiger partial charge on any atom is -0.507 e. The Balaban J connectivity index is 1.74. The first-order chi connectivity index (χ1) is 13.9. The number of phenolic OH excluding ortho intramolecular Hbond substituents is 1. The van der Waals surface area contributed by atoms with Crippen molar-refractivity contribution < 1.29 is 31.4 Å². The van der Waals surface area contributed by atoms with E-state index in [2.05, 4.69) is 15.1 Å². The van der Waals surface area contributed by atoms with Crippen molar-refractivity contribution in [3.8, 4) is 17.0 Å². The molecule has 1 N–H and O–H groups in total. The zero-order chi connectivity index (χ0) is 21.9. The summed E-state index contributed by atoms with van der Waals surface area (Å²) >= 11 is 0. The fourth-order valence-corrected chi connectivity index (χ4v) is 5.87. The molecular weight excluding hydrogens is 421 g/mol. The zero-order valence-electron chi connectivity index (χ0n) is 16.1. The summed E-state index contributed by atoms with van der Waals surface area (Å²) in [6.45, 7) is 3.28. The Morgan fingerprint density at radius 1 is 1.30 bits per heavy atom. The number of nitrogens with zero attached hydrogens (tertiary/aromatic N) is 4. The predicted molar refractivity (Wildman–Crippen MR) is 102 cm³/mol. The molecule has 0 amide bonds. The third-order valence-corrected chi connectivity index (χ3v) is 7.05. The van der Waals surface area contributed by atoms with Crippen LogP contribution >= 0.6 is 0 Å². The van der Waals surface area contributed by atoms with E-state index < -0.39 is 32.7 Å². The third-order valence-electron chi connectivity index (χ3n) is 5.12. The molecule has 0 spiro atoms. The Kier molecular flexibility index (Phi) is 4.49. The largest absolute Gasteiger partial charge is 0.507 e. The molecule has 30 heavy (non-hydrogen) atoms. The van der Waals surface area contributed by atoms with Crippen LogP contribution in [0, 0.1) is 12.3 Å². The molecule has 11 heteroatoms. The quantitative estimate of drug-likeness (QED) is 0.714. The number of rotatable bonds is 2. The average Bonchev–Trinajstić information content (AvgIpc) is 3.11. The van der Waals surface area contributed by atoms with Gasteiger partial charge in [-0.2, -0.15) is 13.2 Å². The number of phenols is 1. The standard InChI is InChI=1S/C19H17F3N4O3S/c1-11-5-12(19(20,21)22)6-15(27)16(11)13-7-23-14-8-26(25-17(14)24-13)9-18(2)3-4-30(28,29)10-18/h5-9H,3-4,10H2,1-2H3/p+1/b26-9+. The molecule has 1 aromatic carbocycles. The number of hydrogen-bond donors (Lipinski definition) is 1. The molecule has 2 aromatic rings. The van der Waals surface area contributed by atoms with E-state index in [9.17, 15) is 26.7 Å². The summed E-state index contributed by atoms with van der Waals surface area (Å²) in [5, 5.41) is 14.9. The van der Waals surface area contributed by atoms with Gasteiger partial charge < -0.3 is 5.11 Å². The first-order valence-corrected chi connectivity index (χ1v) is 10.9. The number of halogens is 3. The first kappa shape index (κ1) is 20.5. The predicted octanol–water partition coefficient (Wildman–Crippen LogP) is 1.37. The molecule has 0 aliphatic carbocycles. The van der Waals surface area contributed by atoms with Crippen molar-refractivity contribution in [3.05, 3.63) is 40.3 Å². The van der Waals surface area contributed by atoms with Crippen LogP contribution in [-0.2, 0) is 16.0 Å².